The molecular weight excluding hydrogens is 324 g/mol. The summed E-state index contributed by atoms with van der Waals surface area (Å²) in [5, 5.41) is 8.56. The molecule has 13 N–H and O–H groups in total. The lowest BCUT2D eigenvalue weighted by molar-refractivity contribution is -0.148. The van der Waals surface area contributed by atoms with Crippen LogP contribution in [0.2, 0.25) is 0 Å². The van der Waals surface area contributed by atoms with Crippen LogP contribution in [0, 0.1) is 0 Å². The molecule has 140 valence electrons. The average molecular weight is 350 g/mol. The molecule has 0 rings (SSSR count). The van der Waals surface area contributed by atoms with Crippen molar-refractivity contribution in [1.29, 1.82) is 0 Å². The Bertz CT molecular complexity index is 427. The first kappa shape index (κ1) is 24.0. The molecule has 0 unspecified atom stereocenters. The van der Waals surface area contributed by atoms with Gasteiger partial charge in [-0.05, 0) is 38.8 Å². The number of carbonyl (C=O) groups is 4. The summed E-state index contributed by atoms with van der Waals surface area (Å²) in [6.07, 6.45) is 0.181. The van der Waals surface area contributed by atoms with Gasteiger partial charge in [-0.2, -0.15) is 0 Å². The van der Waals surface area contributed by atoms with Gasteiger partial charge in [-0.3, -0.25) is 4.79 Å². The summed E-state index contributed by atoms with van der Waals surface area (Å²) < 4.78 is 4.04. The second-order valence-electron chi connectivity index (χ2n) is 4.81. The van der Waals surface area contributed by atoms with Gasteiger partial charge in [0.2, 0.25) is 5.91 Å². The van der Waals surface area contributed by atoms with Crippen molar-refractivity contribution in [3.05, 3.63) is 0 Å². The summed E-state index contributed by atoms with van der Waals surface area (Å²) >= 11 is 0. The van der Waals surface area contributed by atoms with Crippen LogP contribution in [-0.2, 0) is 19.1 Å². The van der Waals surface area contributed by atoms with E-state index in [9.17, 15) is 19.2 Å². The molecule has 2 amide bonds. The maximum Gasteiger partial charge on any atom is 0.412 e. The minimum atomic E-state index is -1.97. The summed E-state index contributed by atoms with van der Waals surface area (Å²) in [4.78, 5) is 42.0. The Hall–Kier alpha value is -2.28. The average Bonchev–Trinajstić information content (AvgIpc) is 2.49. The third-order valence-electron chi connectivity index (χ3n) is 2.82. The Morgan fingerprint density at radius 3 is 1.88 bits per heavy atom. The van der Waals surface area contributed by atoms with E-state index in [1.54, 1.807) is 0 Å². The van der Waals surface area contributed by atoms with Gasteiger partial charge in [0, 0.05) is 0 Å². The zero-order valence-electron chi connectivity index (χ0n) is 13.3. The number of carboxylic acids is 1. The number of primary amides is 2. The van der Waals surface area contributed by atoms with Gasteiger partial charge >= 0.3 is 18.0 Å². The molecule has 0 bridgehead atoms. The van der Waals surface area contributed by atoms with Gasteiger partial charge < -0.3 is 44.2 Å². The first-order valence-corrected chi connectivity index (χ1v) is 7.01. The van der Waals surface area contributed by atoms with Crippen LogP contribution in [0.4, 0.5) is 4.79 Å². The standard InChI is InChI=1S/2C6H13N3O3/c7-3-1-2-6(9,4(8)10)5(11)12;7-3-1-2-4(8)5(10)12-6(9)11/h1-3,7,9H2,(H2,8,10)(H,11,12);4H,1-3,7-8H2,(H2,9,11)/t6-;4-/m11/s1. The normalized spacial score (nSPS) is 13.7. The number of esters is 1. The Labute approximate surface area is 138 Å². The fourth-order valence-corrected chi connectivity index (χ4v) is 1.35. The van der Waals surface area contributed by atoms with Crippen molar-refractivity contribution in [3.63, 3.8) is 0 Å². The molecule has 12 heteroatoms. The monoisotopic (exact) mass is 350 g/mol. The van der Waals surface area contributed by atoms with E-state index < -0.39 is 35.5 Å². The predicted molar refractivity (Wildman–Crippen MR) is 84.0 cm³/mol. The van der Waals surface area contributed by atoms with Gasteiger partial charge in [-0.25, -0.2) is 14.4 Å². The van der Waals surface area contributed by atoms with E-state index in [1.165, 1.54) is 0 Å². The number of carboxylic acid groups (broad SMARTS) is 1. The van der Waals surface area contributed by atoms with Crippen LogP contribution in [0.5, 0.6) is 0 Å². The summed E-state index contributed by atoms with van der Waals surface area (Å²) in [7, 11) is 0. The maximum atomic E-state index is 10.8. The predicted octanol–water partition coefficient (Wildman–Crippen LogP) is -3.33. The molecule has 0 fully saturated rings. The lowest BCUT2D eigenvalue weighted by atomic mass is 9.94. The zero-order valence-corrected chi connectivity index (χ0v) is 13.3. The molecule has 24 heavy (non-hydrogen) atoms. The Kier molecular flexibility index (Phi) is 12.2. The third kappa shape index (κ3) is 9.68. The highest BCUT2D eigenvalue weighted by Gasteiger charge is 2.39. The van der Waals surface area contributed by atoms with Crippen molar-refractivity contribution < 1.29 is 29.0 Å². The molecular formula is C12H26N6O6. The highest BCUT2D eigenvalue weighted by Crippen LogP contribution is 2.08. The topological polar surface area (TPSA) is 254 Å². The zero-order chi connectivity index (χ0) is 19.3. The van der Waals surface area contributed by atoms with E-state index in [2.05, 4.69) is 10.5 Å². The number of hydrogen-bond acceptors (Lipinski definition) is 9. The Morgan fingerprint density at radius 2 is 1.54 bits per heavy atom. The fourth-order valence-electron chi connectivity index (χ4n) is 1.35. The van der Waals surface area contributed by atoms with E-state index in [0.717, 1.165) is 0 Å². The maximum absolute atomic E-state index is 10.8. The van der Waals surface area contributed by atoms with E-state index in [-0.39, 0.29) is 13.0 Å². The quantitative estimate of drug-likeness (QED) is 0.161. The van der Waals surface area contributed by atoms with Gasteiger partial charge in [-0.15, -0.1) is 0 Å². The van der Waals surface area contributed by atoms with Crippen molar-refractivity contribution in [2.24, 2.45) is 34.4 Å². The van der Waals surface area contributed by atoms with Crippen LogP contribution >= 0.6 is 0 Å². The molecule has 0 saturated carbocycles. The van der Waals surface area contributed by atoms with E-state index in [1.807, 2.05) is 0 Å². The van der Waals surface area contributed by atoms with Crippen LogP contribution in [0.3, 0.4) is 0 Å². The van der Waals surface area contributed by atoms with E-state index in [4.69, 9.17) is 33.8 Å². The molecule has 0 aliphatic carbocycles. The molecule has 0 aliphatic heterocycles. The molecule has 2 atom stereocenters. The van der Waals surface area contributed by atoms with Gasteiger partial charge in [0.1, 0.15) is 6.04 Å². The van der Waals surface area contributed by atoms with Gasteiger partial charge in [0.25, 0.3) is 0 Å². The lowest BCUT2D eigenvalue weighted by Gasteiger charge is -2.19. The molecule has 0 aliphatic rings. The lowest BCUT2D eigenvalue weighted by Crippen LogP contribution is -2.58. The summed E-state index contributed by atoms with van der Waals surface area (Å²) in [6, 6.07) is -0.818. The van der Waals surface area contributed by atoms with Crippen molar-refractivity contribution in [2.45, 2.75) is 37.3 Å². The van der Waals surface area contributed by atoms with Crippen LogP contribution in [0.15, 0.2) is 0 Å². The van der Waals surface area contributed by atoms with Crippen molar-refractivity contribution in [1.82, 2.24) is 0 Å². The van der Waals surface area contributed by atoms with Gasteiger partial charge in [-0.1, -0.05) is 0 Å². The second-order valence-corrected chi connectivity index (χ2v) is 4.81. The molecule has 0 heterocycles. The highest BCUT2D eigenvalue weighted by atomic mass is 16.6. The van der Waals surface area contributed by atoms with Crippen LogP contribution in [-0.4, -0.2) is 53.7 Å². The van der Waals surface area contributed by atoms with Crippen LogP contribution in [0.25, 0.3) is 0 Å². The van der Waals surface area contributed by atoms with Crippen LogP contribution in [0.1, 0.15) is 25.7 Å². The van der Waals surface area contributed by atoms with E-state index in [0.29, 0.717) is 25.8 Å². The first-order valence-electron chi connectivity index (χ1n) is 7.01. The van der Waals surface area contributed by atoms with E-state index >= 15 is 0 Å². The largest absolute Gasteiger partial charge is 0.479 e. The number of nitrogens with two attached hydrogens (primary N) is 6. The van der Waals surface area contributed by atoms with Crippen LogP contribution < -0.4 is 34.4 Å². The number of carbonyl (C=O) groups excluding carboxylic acids is 3. The third-order valence-corrected chi connectivity index (χ3v) is 2.82. The van der Waals surface area contributed by atoms with Gasteiger partial charge in [0.05, 0.1) is 0 Å². The minimum Gasteiger partial charge on any atom is -0.479 e. The minimum absolute atomic E-state index is 0.0336. The number of aliphatic carboxylic acids is 1. The summed E-state index contributed by atoms with van der Waals surface area (Å²) in [5.74, 6) is -3.26. The smallest absolute Gasteiger partial charge is 0.412 e. The van der Waals surface area contributed by atoms with Gasteiger partial charge in [0.15, 0.2) is 5.54 Å². The Balaban J connectivity index is 0. The molecule has 0 radical (unpaired) electrons. The number of rotatable bonds is 9. The SMILES string of the molecule is NCCC[C@@H](N)C(=O)OC(N)=O.NCCC[C@@](N)(C(N)=O)C(=O)O. The Morgan fingerprint density at radius 1 is 1.04 bits per heavy atom. The highest BCUT2D eigenvalue weighted by molar-refractivity contribution is 6.05. The van der Waals surface area contributed by atoms with Crippen molar-refractivity contribution >= 4 is 23.9 Å². The molecule has 0 aromatic rings. The summed E-state index contributed by atoms with van der Waals surface area (Å²) in [6.45, 7) is 0.719. The molecule has 0 saturated heterocycles. The van der Waals surface area contributed by atoms with Crippen molar-refractivity contribution in [3.8, 4) is 0 Å². The molecule has 0 spiro atoms. The molecule has 12 nitrogen and oxygen atoms in total. The van der Waals surface area contributed by atoms with Crippen molar-refractivity contribution in [2.75, 3.05) is 13.1 Å². The number of hydrogen-bond donors (Lipinski definition) is 7. The number of amides is 2. The fraction of sp³-hybridized carbons (Fsp3) is 0.667. The summed E-state index contributed by atoms with van der Waals surface area (Å²) in [5.41, 5.74) is 28.3. The molecule has 0 aromatic carbocycles. The number of ether oxygens (including phenoxy) is 1. The molecule has 0 aromatic heterocycles. The first-order chi connectivity index (χ1) is 11.0. The second kappa shape index (κ2) is 12.2.